The summed E-state index contributed by atoms with van der Waals surface area (Å²) in [5.41, 5.74) is 4.70. The second-order valence-corrected chi connectivity index (χ2v) is 6.97. The first kappa shape index (κ1) is 17.6. The van der Waals surface area contributed by atoms with E-state index in [1.54, 1.807) is 23.7 Å². The highest BCUT2D eigenvalue weighted by molar-refractivity contribution is 9.11. The van der Waals surface area contributed by atoms with Crippen molar-refractivity contribution in [3.8, 4) is 5.75 Å². The van der Waals surface area contributed by atoms with E-state index < -0.39 is 6.04 Å². The molecule has 2 N–H and O–H groups in total. The maximum absolute atomic E-state index is 12.3. The minimum absolute atomic E-state index is 0.105. The van der Waals surface area contributed by atoms with Crippen molar-refractivity contribution in [2.24, 2.45) is 5.10 Å². The number of hydrogen-bond donors (Lipinski definition) is 2. The van der Waals surface area contributed by atoms with Gasteiger partial charge < -0.3 is 5.11 Å². The van der Waals surface area contributed by atoms with Crippen LogP contribution in [-0.4, -0.2) is 32.2 Å². The van der Waals surface area contributed by atoms with Crippen molar-refractivity contribution in [2.75, 3.05) is 0 Å². The molecule has 1 unspecified atom stereocenters. The summed E-state index contributed by atoms with van der Waals surface area (Å²) in [6, 6.07) is 10.2. The molecule has 3 rings (SSSR count). The molecule has 0 spiro atoms. The number of aromatic hydroxyl groups is 1. The van der Waals surface area contributed by atoms with Gasteiger partial charge >= 0.3 is 0 Å². The predicted molar refractivity (Wildman–Crippen MR) is 101 cm³/mol. The van der Waals surface area contributed by atoms with Crippen LogP contribution >= 0.6 is 31.9 Å². The van der Waals surface area contributed by atoms with Gasteiger partial charge in [0.2, 0.25) is 0 Å². The Kier molecular flexibility index (Phi) is 5.14. The quantitative estimate of drug-likeness (QED) is 0.455. The van der Waals surface area contributed by atoms with Crippen LogP contribution < -0.4 is 5.43 Å². The number of halogens is 2. The zero-order chi connectivity index (χ0) is 18.0. The average molecular weight is 467 g/mol. The van der Waals surface area contributed by atoms with Crippen molar-refractivity contribution in [1.82, 2.24) is 20.4 Å². The molecule has 0 fully saturated rings. The third kappa shape index (κ3) is 3.72. The Morgan fingerprint density at radius 2 is 2.00 bits per heavy atom. The first-order valence-electron chi connectivity index (χ1n) is 7.28. The molecule has 25 heavy (non-hydrogen) atoms. The Labute approximate surface area is 160 Å². The standard InChI is InChI=1S/C16H13Br2N5O2/c1-9(23-14-5-3-2-4-13(14)20-22-23)16(25)21-19-8-10-6-11(17)15(24)12(18)7-10/h2-9,24H,1H3,(H,21,25). The van der Waals surface area contributed by atoms with E-state index in [0.29, 0.717) is 14.5 Å². The summed E-state index contributed by atoms with van der Waals surface area (Å²) in [6.07, 6.45) is 1.49. The molecule has 1 amide bonds. The number of rotatable bonds is 4. The molecule has 1 atom stereocenters. The van der Waals surface area contributed by atoms with Gasteiger partial charge in [-0.1, -0.05) is 17.3 Å². The van der Waals surface area contributed by atoms with Crippen molar-refractivity contribution < 1.29 is 9.90 Å². The van der Waals surface area contributed by atoms with Crippen molar-refractivity contribution >= 4 is 55.0 Å². The van der Waals surface area contributed by atoms with Crippen molar-refractivity contribution in [3.63, 3.8) is 0 Å². The van der Waals surface area contributed by atoms with Crippen LogP contribution in [0.15, 0.2) is 50.4 Å². The molecule has 0 saturated carbocycles. The van der Waals surface area contributed by atoms with E-state index in [2.05, 4.69) is 52.7 Å². The van der Waals surface area contributed by atoms with E-state index in [1.807, 2.05) is 24.3 Å². The maximum Gasteiger partial charge on any atom is 0.264 e. The van der Waals surface area contributed by atoms with E-state index in [0.717, 1.165) is 11.0 Å². The second-order valence-electron chi connectivity index (χ2n) is 5.27. The molecule has 3 aromatic rings. The highest BCUT2D eigenvalue weighted by Crippen LogP contribution is 2.32. The van der Waals surface area contributed by atoms with E-state index in [1.165, 1.54) is 6.21 Å². The molecule has 9 heteroatoms. The number of carbonyl (C=O) groups is 1. The van der Waals surface area contributed by atoms with E-state index >= 15 is 0 Å². The van der Waals surface area contributed by atoms with Crippen molar-refractivity contribution in [1.29, 1.82) is 0 Å². The Morgan fingerprint density at radius 1 is 1.32 bits per heavy atom. The number of nitrogens with one attached hydrogen (secondary N) is 1. The number of benzene rings is 2. The third-order valence-electron chi connectivity index (χ3n) is 3.55. The van der Waals surface area contributed by atoms with Crippen molar-refractivity contribution in [3.05, 3.63) is 50.9 Å². The summed E-state index contributed by atoms with van der Waals surface area (Å²) in [7, 11) is 0. The van der Waals surface area contributed by atoms with Crippen LogP contribution in [0.4, 0.5) is 0 Å². The lowest BCUT2D eigenvalue weighted by atomic mass is 10.2. The molecular weight excluding hydrogens is 454 g/mol. The normalized spacial score (nSPS) is 12.6. The summed E-state index contributed by atoms with van der Waals surface area (Å²) in [4.78, 5) is 12.3. The van der Waals surface area contributed by atoms with Gasteiger partial charge in [0.05, 0.1) is 20.7 Å². The number of hydrogen-bond acceptors (Lipinski definition) is 5. The number of phenolic OH excluding ortho intramolecular Hbond substituents is 1. The SMILES string of the molecule is CC(C(=O)NN=Cc1cc(Br)c(O)c(Br)c1)n1nnc2ccccc21. The monoisotopic (exact) mass is 465 g/mol. The van der Waals surface area contributed by atoms with Gasteiger partial charge in [0.1, 0.15) is 17.3 Å². The summed E-state index contributed by atoms with van der Waals surface area (Å²) in [5.74, 6) is -0.211. The summed E-state index contributed by atoms with van der Waals surface area (Å²) >= 11 is 6.49. The third-order valence-corrected chi connectivity index (χ3v) is 4.76. The van der Waals surface area contributed by atoms with E-state index in [-0.39, 0.29) is 11.7 Å². The Hall–Kier alpha value is -2.26. The van der Waals surface area contributed by atoms with Crippen LogP contribution in [0.2, 0.25) is 0 Å². The number of nitrogens with zero attached hydrogens (tertiary/aromatic N) is 4. The topological polar surface area (TPSA) is 92.4 Å². The smallest absolute Gasteiger partial charge is 0.264 e. The van der Waals surface area contributed by atoms with Gasteiger partial charge in [-0.25, -0.2) is 10.1 Å². The van der Waals surface area contributed by atoms with Crippen molar-refractivity contribution in [2.45, 2.75) is 13.0 Å². The summed E-state index contributed by atoms with van der Waals surface area (Å²) in [6.45, 7) is 1.72. The highest BCUT2D eigenvalue weighted by Gasteiger charge is 2.18. The fourth-order valence-electron chi connectivity index (χ4n) is 2.21. The van der Waals surface area contributed by atoms with Gasteiger partial charge in [-0.3, -0.25) is 4.79 Å². The fourth-order valence-corrected chi connectivity index (χ4v) is 3.43. The number of carbonyl (C=O) groups excluding carboxylic acids is 1. The number of fused-ring (bicyclic) bond motifs is 1. The van der Waals surface area contributed by atoms with Gasteiger partial charge in [0.15, 0.2) is 0 Å². The molecule has 0 radical (unpaired) electrons. The molecule has 0 saturated heterocycles. The largest absolute Gasteiger partial charge is 0.506 e. The van der Waals surface area contributed by atoms with Gasteiger partial charge in [0, 0.05) is 0 Å². The molecule has 0 aliphatic rings. The summed E-state index contributed by atoms with van der Waals surface area (Å²) < 4.78 is 2.60. The summed E-state index contributed by atoms with van der Waals surface area (Å²) in [5, 5.41) is 21.7. The number of aromatic nitrogens is 3. The molecule has 0 aliphatic heterocycles. The first-order valence-corrected chi connectivity index (χ1v) is 8.87. The Balaban J connectivity index is 1.72. The molecular formula is C16H13Br2N5O2. The molecule has 7 nitrogen and oxygen atoms in total. The fraction of sp³-hybridized carbons (Fsp3) is 0.125. The van der Waals surface area contributed by atoms with Gasteiger partial charge in [-0.2, -0.15) is 5.10 Å². The van der Waals surface area contributed by atoms with Crippen LogP contribution in [0.25, 0.3) is 11.0 Å². The van der Waals surface area contributed by atoms with Crippen LogP contribution in [0.5, 0.6) is 5.75 Å². The molecule has 2 aromatic carbocycles. The second kappa shape index (κ2) is 7.32. The van der Waals surface area contributed by atoms with Gasteiger partial charge in [-0.05, 0) is 68.6 Å². The molecule has 0 bridgehead atoms. The van der Waals surface area contributed by atoms with Crippen LogP contribution in [-0.2, 0) is 4.79 Å². The first-order chi connectivity index (χ1) is 12.0. The lowest BCUT2D eigenvalue weighted by Crippen LogP contribution is -2.28. The van der Waals surface area contributed by atoms with E-state index in [9.17, 15) is 9.90 Å². The van der Waals surface area contributed by atoms with Crippen LogP contribution in [0.3, 0.4) is 0 Å². The molecule has 128 valence electrons. The molecule has 1 aromatic heterocycles. The van der Waals surface area contributed by atoms with Gasteiger partial charge in [0.25, 0.3) is 5.91 Å². The minimum Gasteiger partial charge on any atom is -0.506 e. The van der Waals surface area contributed by atoms with Crippen LogP contribution in [0, 0.1) is 0 Å². The Bertz CT molecular complexity index is 947. The lowest BCUT2D eigenvalue weighted by Gasteiger charge is -2.10. The highest BCUT2D eigenvalue weighted by atomic mass is 79.9. The lowest BCUT2D eigenvalue weighted by molar-refractivity contribution is -0.124. The predicted octanol–water partition coefficient (Wildman–Crippen LogP) is 3.37. The number of amides is 1. The average Bonchev–Trinajstić information content (AvgIpc) is 3.03. The zero-order valence-corrected chi connectivity index (χ0v) is 16.2. The van der Waals surface area contributed by atoms with E-state index in [4.69, 9.17) is 0 Å². The number of phenols is 1. The maximum atomic E-state index is 12.3. The number of para-hydroxylation sites is 1. The zero-order valence-electron chi connectivity index (χ0n) is 13.0. The van der Waals surface area contributed by atoms with Gasteiger partial charge in [-0.15, -0.1) is 5.10 Å². The molecule has 0 aliphatic carbocycles. The Morgan fingerprint density at radius 3 is 2.72 bits per heavy atom. The molecule has 1 heterocycles. The van der Waals surface area contributed by atoms with Crippen LogP contribution in [0.1, 0.15) is 18.5 Å². The minimum atomic E-state index is -0.567. The number of hydrazone groups is 1.